The molecular formula is C19H27ClN2O3S2. The number of halogens is 1. The van der Waals surface area contributed by atoms with Gasteiger partial charge in [0.1, 0.15) is 0 Å². The Bertz CT molecular complexity index is 734. The van der Waals surface area contributed by atoms with Crippen LogP contribution in [-0.2, 0) is 14.8 Å². The Morgan fingerprint density at radius 3 is 2.56 bits per heavy atom. The van der Waals surface area contributed by atoms with Gasteiger partial charge in [-0.3, -0.25) is 4.79 Å². The van der Waals surface area contributed by atoms with E-state index in [0.717, 1.165) is 17.4 Å². The molecule has 2 aliphatic rings. The minimum absolute atomic E-state index is 0.0296. The molecular weight excluding hydrogens is 404 g/mol. The third-order valence-electron chi connectivity index (χ3n) is 5.26. The average molecular weight is 431 g/mol. The van der Waals surface area contributed by atoms with E-state index in [-0.39, 0.29) is 23.3 Å². The molecule has 0 radical (unpaired) electrons. The minimum atomic E-state index is -3.59. The highest BCUT2D eigenvalue weighted by Crippen LogP contribution is 2.29. The second kappa shape index (κ2) is 9.63. The molecule has 1 heterocycles. The van der Waals surface area contributed by atoms with Crippen LogP contribution < -0.4 is 5.32 Å². The van der Waals surface area contributed by atoms with Crippen LogP contribution in [0.15, 0.2) is 29.2 Å². The van der Waals surface area contributed by atoms with Crippen molar-refractivity contribution in [3.8, 4) is 0 Å². The number of nitrogens with zero attached hydrogens (tertiary/aromatic N) is 1. The lowest BCUT2D eigenvalue weighted by molar-refractivity contribution is -0.125. The number of amides is 1. The van der Waals surface area contributed by atoms with Gasteiger partial charge in [0, 0.05) is 35.7 Å². The molecule has 150 valence electrons. The van der Waals surface area contributed by atoms with Crippen LogP contribution >= 0.6 is 23.4 Å². The van der Waals surface area contributed by atoms with E-state index in [4.69, 9.17) is 11.6 Å². The SMILES string of the molecule is O=C(NCCSC1CCCC1)C1CCCN(S(=O)(=O)c2ccc(Cl)cc2)C1. The Labute approximate surface area is 171 Å². The van der Waals surface area contributed by atoms with E-state index >= 15 is 0 Å². The zero-order chi connectivity index (χ0) is 19.3. The highest BCUT2D eigenvalue weighted by molar-refractivity contribution is 7.99. The fraction of sp³-hybridized carbons (Fsp3) is 0.632. The Kier molecular flexibility index (Phi) is 7.48. The third-order valence-corrected chi connectivity index (χ3v) is 8.78. The standard InChI is InChI=1S/C19H27ClN2O3S2/c20-16-7-9-18(10-8-16)27(24,25)22-12-3-4-15(14-22)19(23)21-11-13-26-17-5-1-2-6-17/h7-10,15,17H,1-6,11-14H2,(H,21,23). The first-order valence-electron chi connectivity index (χ1n) is 9.62. The number of hydrogen-bond donors (Lipinski definition) is 1. The van der Waals surface area contributed by atoms with Gasteiger partial charge in [0.2, 0.25) is 15.9 Å². The Hall–Kier alpha value is -0.760. The maximum absolute atomic E-state index is 12.8. The van der Waals surface area contributed by atoms with Gasteiger partial charge in [-0.05, 0) is 49.9 Å². The third kappa shape index (κ3) is 5.62. The van der Waals surface area contributed by atoms with Crippen molar-refractivity contribution < 1.29 is 13.2 Å². The lowest BCUT2D eigenvalue weighted by atomic mass is 9.99. The van der Waals surface area contributed by atoms with E-state index < -0.39 is 10.0 Å². The highest BCUT2D eigenvalue weighted by Gasteiger charge is 2.33. The molecule has 0 spiro atoms. The molecule has 2 fully saturated rings. The van der Waals surface area contributed by atoms with Gasteiger partial charge in [0.15, 0.2) is 0 Å². The van der Waals surface area contributed by atoms with Crippen LogP contribution in [0.1, 0.15) is 38.5 Å². The normalized spacial score (nSPS) is 22.0. The monoisotopic (exact) mass is 430 g/mol. The van der Waals surface area contributed by atoms with Crippen molar-refractivity contribution >= 4 is 39.3 Å². The van der Waals surface area contributed by atoms with Gasteiger partial charge in [0.25, 0.3) is 0 Å². The number of carbonyl (C=O) groups excluding carboxylic acids is 1. The van der Waals surface area contributed by atoms with Crippen molar-refractivity contribution in [2.45, 2.75) is 48.7 Å². The summed E-state index contributed by atoms with van der Waals surface area (Å²) in [6.07, 6.45) is 6.65. The fourth-order valence-electron chi connectivity index (χ4n) is 3.73. The first kappa shape index (κ1) is 21.0. The average Bonchev–Trinajstić information content (AvgIpc) is 3.19. The number of nitrogens with one attached hydrogen (secondary N) is 1. The Balaban J connectivity index is 1.50. The molecule has 27 heavy (non-hydrogen) atoms. The van der Waals surface area contributed by atoms with E-state index in [2.05, 4.69) is 5.32 Å². The molecule has 0 bridgehead atoms. The molecule has 5 nitrogen and oxygen atoms in total. The molecule has 0 aromatic heterocycles. The zero-order valence-corrected chi connectivity index (χ0v) is 17.8. The van der Waals surface area contributed by atoms with Crippen molar-refractivity contribution in [3.63, 3.8) is 0 Å². The first-order chi connectivity index (χ1) is 13.0. The van der Waals surface area contributed by atoms with Crippen LogP contribution in [0.3, 0.4) is 0 Å². The molecule has 8 heteroatoms. The molecule has 1 aliphatic heterocycles. The fourth-order valence-corrected chi connectivity index (χ4v) is 6.60. The molecule has 1 atom stereocenters. The summed E-state index contributed by atoms with van der Waals surface area (Å²) >= 11 is 7.80. The summed E-state index contributed by atoms with van der Waals surface area (Å²) in [5.74, 6) is 0.617. The number of hydrogen-bond acceptors (Lipinski definition) is 4. The topological polar surface area (TPSA) is 66.5 Å². The van der Waals surface area contributed by atoms with Crippen LogP contribution in [0.5, 0.6) is 0 Å². The van der Waals surface area contributed by atoms with Crippen LogP contribution in [0.2, 0.25) is 5.02 Å². The molecule has 1 N–H and O–H groups in total. The summed E-state index contributed by atoms with van der Waals surface area (Å²) in [5.41, 5.74) is 0. The van der Waals surface area contributed by atoms with Gasteiger partial charge >= 0.3 is 0 Å². The summed E-state index contributed by atoms with van der Waals surface area (Å²) in [6, 6.07) is 6.18. The van der Waals surface area contributed by atoms with Crippen LogP contribution in [0.25, 0.3) is 0 Å². The van der Waals surface area contributed by atoms with Crippen molar-refractivity contribution in [3.05, 3.63) is 29.3 Å². The number of thioether (sulfide) groups is 1. The van der Waals surface area contributed by atoms with Crippen LogP contribution in [-0.4, -0.2) is 49.3 Å². The van der Waals surface area contributed by atoms with E-state index in [1.54, 1.807) is 12.1 Å². The van der Waals surface area contributed by atoms with Crippen LogP contribution in [0.4, 0.5) is 0 Å². The van der Waals surface area contributed by atoms with Gasteiger partial charge in [0.05, 0.1) is 10.8 Å². The van der Waals surface area contributed by atoms with Crippen molar-refractivity contribution in [1.82, 2.24) is 9.62 Å². The number of piperidine rings is 1. The molecule has 1 saturated carbocycles. The maximum atomic E-state index is 12.8. The van der Waals surface area contributed by atoms with Crippen LogP contribution in [0, 0.1) is 5.92 Å². The lowest BCUT2D eigenvalue weighted by Gasteiger charge is -2.31. The minimum Gasteiger partial charge on any atom is -0.355 e. The predicted octanol–water partition coefficient (Wildman–Crippen LogP) is 3.53. The number of rotatable bonds is 7. The molecule has 1 amide bonds. The van der Waals surface area contributed by atoms with Crippen molar-refractivity contribution in [2.24, 2.45) is 5.92 Å². The van der Waals surface area contributed by atoms with E-state index in [1.165, 1.54) is 42.1 Å². The molecule has 1 aromatic rings. The Morgan fingerprint density at radius 2 is 1.85 bits per heavy atom. The van der Waals surface area contributed by atoms with Gasteiger partial charge in [-0.2, -0.15) is 16.1 Å². The molecule has 1 saturated heterocycles. The molecule has 1 aliphatic carbocycles. The van der Waals surface area contributed by atoms with Crippen molar-refractivity contribution in [1.29, 1.82) is 0 Å². The summed E-state index contributed by atoms with van der Waals surface area (Å²) in [4.78, 5) is 12.7. The smallest absolute Gasteiger partial charge is 0.243 e. The Morgan fingerprint density at radius 1 is 1.15 bits per heavy atom. The van der Waals surface area contributed by atoms with E-state index in [1.807, 2.05) is 11.8 Å². The largest absolute Gasteiger partial charge is 0.355 e. The summed E-state index contributed by atoms with van der Waals surface area (Å²) in [5, 5.41) is 4.24. The molecule has 3 rings (SSSR count). The molecule has 1 unspecified atom stereocenters. The van der Waals surface area contributed by atoms with Gasteiger partial charge in [-0.15, -0.1) is 0 Å². The van der Waals surface area contributed by atoms with Gasteiger partial charge < -0.3 is 5.32 Å². The highest BCUT2D eigenvalue weighted by atomic mass is 35.5. The number of carbonyl (C=O) groups is 1. The molecule has 1 aromatic carbocycles. The second-order valence-corrected chi connectivity index (χ2v) is 11.0. The summed E-state index contributed by atoms with van der Waals surface area (Å²) < 4.78 is 27.1. The second-order valence-electron chi connectivity index (χ2n) is 7.22. The quantitative estimate of drug-likeness (QED) is 0.672. The summed E-state index contributed by atoms with van der Waals surface area (Å²) in [6.45, 7) is 1.35. The maximum Gasteiger partial charge on any atom is 0.243 e. The van der Waals surface area contributed by atoms with Gasteiger partial charge in [-0.25, -0.2) is 8.42 Å². The lowest BCUT2D eigenvalue weighted by Crippen LogP contribution is -2.45. The van der Waals surface area contributed by atoms with Crippen molar-refractivity contribution in [2.75, 3.05) is 25.4 Å². The van der Waals surface area contributed by atoms with Gasteiger partial charge in [-0.1, -0.05) is 24.4 Å². The predicted molar refractivity (Wildman–Crippen MR) is 111 cm³/mol. The zero-order valence-electron chi connectivity index (χ0n) is 15.4. The van der Waals surface area contributed by atoms with E-state index in [9.17, 15) is 13.2 Å². The van der Waals surface area contributed by atoms with E-state index in [0.29, 0.717) is 24.5 Å². The number of sulfonamides is 1. The summed E-state index contributed by atoms with van der Waals surface area (Å²) in [7, 11) is -3.59. The first-order valence-corrected chi connectivity index (χ1v) is 12.5. The number of benzene rings is 1.